The van der Waals surface area contributed by atoms with Gasteiger partial charge in [0.25, 0.3) is 0 Å². The van der Waals surface area contributed by atoms with Crippen LogP contribution in [0.3, 0.4) is 0 Å². The summed E-state index contributed by atoms with van der Waals surface area (Å²) in [5.41, 5.74) is 1.44. The Labute approximate surface area is 130 Å². The summed E-state index contributed by atoms with van der Waals surface area (Å²) in [5.74, 6) is 0. The molecule has 2 rings (SSSR count). The first-order valence-electron chi connectivity index (χ1n) is 7.11. The molecule has 0 spiro atoms. The van der Waals surface area contributed by atoms with Crippen LogP contribution in [0.4, 0.5) is 10.5 Å². The molecule has 0 radical (unpaired) electrons. The highest BCUT2D eigenvalue weighted by molar-refractivity contribution is 6.30. The molecule has 1 aromatic heterocycles. The predicted molar refractivity (Wildman–Crippen MR) is 83.8 cm³/mol. The molecule has 1 amide bonds. The first-order valence-corrected chi connectivity index (χ1v) is 7.49. The quantitative estimate of drug-likeness (QED) is 0.838. The third-order valence-electron chi connectivity index (χ3n) is 3.24. The van der Waals surface area contributed by atoms with Crippen LogP contribution in [-0.4, -0.2) is 28.8 Å². The number of rotatable bonds is 3. The van der Waals surface area contributed by atoms with Gasteiger partial charge in [-0.15, -0.1) is 0 Å². The van der Waals surface area contributed by atoms with Crippen LogP contribution in [0.5, 0.6) is 0 Å². The lowest BCUT2D eigenvalue weighted by Crippen LogP contribution is -2.50. The van der Waals surface area contributed by atoms with Crippen LogP contribution >= 0.6 is 11.6 Å². The Balaban J connectivity index is 1.74. The monoisotopic (exact) mass is 311 g/mol. The summed E-state index contributed by atoms with van der Waals surface area (Å²) < 4.78 is 5.23. The molecule has 0 saturated heterocycles. The van der Waals surface area contributed by atoms with Gasteiger partial charge in [0.15, 0.2) is 0 Å². The number of alkyl carbamates (subject to hydrolysis) is 1. The lowest BCUT2D eigenvalue weighted by Gasteiger charge is -2.37. The van der Waals surface area contributed by atoms with E-state index in [1.165, 1.54) is 0 Å². The number of halogens is 1. The third kappa shape index (κ3) is 4.77. The second-order valence-electron chi connectivity index (χ2n) is 6.49. The fraction of sp³-hybridized carbons (Fsp3) is 0.600. The molecule has 1 aliphatic rings. The number of aryl methyl sites for hydroxylation is 1. The van der Waals surface area contributed by atoms with Crippen LogP contribution in [0.1, 0.15) is 39.2 Å². The van der Waals surface area contributed by atoms with Crippen LogP contribution < -0.4 is 10.6 Å². The zero-order valence-electron chi connectivity index (χ0n) is 12.9. The second kappa shape index (κ2) is 6.10. The summed E-state index contributed by atoms with van der Waals surface area (Å²) in [6.45, 7) is 7.49. The SMILES string of the molecule is Cc1cc(NC2CC(NC(=O)OC(C)(C)C)C2)cnc1Cl. The number of carbonyl (C=O) groups is 1. The summed E-state index contributed by atoms with van der Waals surface area (Å²) in [7, 11) is 0. The van der Waals surface area contributed by atoms with E-state index in [1.54, 1.807) is 6.20 Å². The van der Waals surface area contributed by atoms with Crippen LogP contribution in [0, 0.1) is 6.92 Å². The molecule has 21 heavy (non-hydrogen) atoms. The molecule has 0 aromatic carbocycles. The Hall–Kier alpha value is -1.49. The number of hydrogen-bond acceptors (Lipinski definition) is 4. The number of aromatic nitrogens is 1. The average Bonchev–Trinajstić information content (AvgIpc) is 2.28. The van der Waals surface area contributed by atoms with E-state index < -0.39 is 5.60 Å². The highest BCUT2D eigenvalue weighted by Gasteiger charge is 2.31. The topological polar surface area (TPSA) is 63.2 Å². The van der Waals surface area contributed by atoms with Crippen LogP contribution in [0.15, 0.2) is 12.3 Å². The molecule has 1 heterocycles. The number of anilines is 1. The highest BCUT2D eigenvalue weighted by atomic mass is 35.5. The molecule has 1 aromatic rings. The van der Waals surface area contributed by atoms with E-state index >= 15 is 0 Å². The molecule has 116 valence electrons. The highest BCUT2D eigenvalue weighted by Crippen LogP contribution is 2.25. The Morgan fingerprint density at radius 3 is 2.62 bits per heavy atom. The van der Waals surface area contributed by atoms with E-state index in [4.69, 9.17) is 16.3 Å². The fourth-order valence-corrected chi connectivity index (χ4v) is 2.30. The van der Waals surface area contributed by atoms with E-state index in [-0.39, 0.29) is 12.1 Å². The third-order valence-corrected chi connectivity index (χ3v) is 3.64. The van der Waals surface area contributed by atoms with Gasteiger partial charge in [-0.1, -0.05) is 11.6 Å². The largest absolute Gasteiger partial charge is 0.444 e. The Bertz CT molecular complexity index is 522. The van der Waals surface area contributed by atoms with Gasteiger partial charge in [0.2, 0.25) is 0 Å². The number of amides is 1. The smallest absolute Gasteiger partial charge is 0.407 e. The maximum atomic E-state index is 11.6. The van der Waals surface area contributed by atoms with E-state index in [1.807, 2.05) is 33.8 Å². The van der Waals surface area contributed by atoms with Crippen molar-refractivity contribution in [1.82, 2.24) is 10.3 Å². The van der Waals surface area contributed by atoms with Gasteiger partial charge in [0, 0.05) is 12.1 Å². The number of nitrogens with one attached hydrogen (secondary N) is 2. The van der Waals surface area contributed by atoms with Crippen molar-refractivity contribution in [2.24, 2.45) is 0 Å². The van der Waals surface area contributed by atoms with E-state index in [9.17, 15) is 4.79 Å². The number of hydrogen-bond donors (Lipinski definition) is 2. The molecule has 0 bridgehead atoms. The summed E-state index contributed by atoms with van der Waals surface area (Å²) in [6, 6.07) is 2.48. The van der Waals surface area contributed by atoms with Gasteiger partial charge in [-0.2, -0.15) is 0 Å². The van der Waals surface area contributed by atoms with E-state index in [2.05, 4.69) is 15.6 Å². The van der Waals surface area contributed by atoms with Crippen LogP contribution in [-0.2, 0) is 4.74 Å². The summed E-state index contributed by atoms with van der Waals surface area (Å²) in [4.78, 5) is 15.7. The van der Waals surface area contributed by atoms with Gasteiger partial charge < -0.3 is 15.4 Å². The molecule has 0 aliphatic heterocycles. The molecular weight excluding hydrogens is 290 g/mol. The molecular formula is C15H22ClN3O2. The van der Waals surface area contributed by atoms with Crippen LogP contribution in [0.25, 0.3) is 0 Å². The summed E-state index contributed by atoms with van der Waals surface area (Å²) in [5, 5.41) is 6.78. The number of nitrogens with zero attached hydrogens (tertiary/aromatic N) is 1. The maximum Gasteiger partial charge on any atom is 0.407 e. The van der Waals surface area contributed by atoms with Crippen molar-refractivity contribution in [3.8, 4) is 0 Å². The van der Waals surface area contributed by atoms with Gasteiger partial charge >= 0.3 is 6.09 Å². The molecule has 0 atom stereocenters. The average molecular weight is 312 g/mol. The Morgan fingerprint density at radius 1 is 1.38 bits per heavy atom. The normalized spacial score (nSPS) is 21.4. The van der Waals surface area contributed by atoms with Gasteiger partial charge in [-0.3, -0.25) is 0 Å². The van der Waals surface area contributed by atoms with Gasteiger partial charge in [0.1, 0.15) is 10.8 Å². The minimum absolute atomic E-state index is 0.165. The summed E-state index contributed by atoms with van der Waals surface area (Å²) >= 11 is 5.90. The van der Waals surface area contributed by atoms with E-state index in [0.29, 0.717) is 11.2 Å². The fourth-order valence-electron chi connectivity index (χ4n) is 2.20. The lowest BCUT2D eigenvalue weighted by molar-refractivity contribution is 0.0475. The standard InChI is InChI=1S/C15H22ClN3O2/c1-9-5-12(8-17-13(9)16)18-10-6-11(7-10)19-14(20)21-15(2,3)4/h5,8,10-11,18H,6-7H2,1-4H3,(H,19,20). The second-order valence-corrected chi connectivity index (χ2v) is 6.85. The molecule has 2 N–H and O–H groups in total. The van der Waals surface area contributed by atoms with Crippen molar-refractivity contribution in [3.05, 3.63) is 23.0 Å². The Morgan fingerprint density at radius 2 is 2.05 bits per heavy atom. The van der Waals surface area contributed by atoms with E-state index in [0.717, 1.165) is 24.1 Å². The minimum Gasteiger partial charge on any atom is -0.444 e. The van der Waals surface area contributed by atoms with Gasteiger partial charge in [-0.25, -0.2) is 9.78 Å². The molecule has 5 nitrogen and oxygen atoms in total. The zero-order valence-corrected chi connectivity index (χ0v) is 13.6. The predicted octanol–water partition coefficient (Wildman–Crippen LogP) is 3.51. The molecule has 1 aliphatic carbocycles. The lowest BCUT2D eigenvalue weighted by atomic mass is 9.86. The zero-order chi connectivity index (χ0) is 15.6. The van der Waals surface area contributed by atoms with Crippen LogP contribution in [0.2, 0.25) is 5.15 Å². The number of pyridine rings is 1. The Kier molecular flexibility index (Phi) is 4.61. The maximum absolute atomic E-state index is 11.6. The van der Waals surface area contributed by atoms with Crippen molar-refractivity contribution >= 4 is 23.4 Å². The van der Waals surface area contributed by atoms with Gasteiger partial charge in [-0.05, 0) is 52.2 Å². The van der Waals surface area contributed by atoms with Crippen molar-refractivity contribution in [1.29, 1.82) is 0 Å². The number of ether oxygens (including phenoxy) is 1. The van der Waals surface area contributed by atoms with Crippen molar-refractivity contribution in [2.45, 2.75) is 58.2 Å². The van der Waals surface area contributed by atoms with Crippen molar-refractivity contribution in [3.63, 3.8) is 0 Å². The first kappa shape index (κ1) is 15.9. The molecule has 6 heteroatoms. The van der Waals surface area contributed by atoms with Gasteiger partial charge in [0.05, 0.1) is 11.9 Å². The van der Waals surface area contributed by atoms with Crippen molar-refractivity contribution in [2.75, 3.05) is 5.32 Å². The molecule has 0 unspecified atom stereocenters. The molecule has 1 saturated carbocycles. The first-order chi connectivity index (χ1) is 9.73. The summed E-state index contributed by atoms with van der Waals surface area (Å²) in [6.07, 6.45) is 3.13. The minimum atomic E-state index is -0.460. The number of carbonyl (C=O) groups excluding carboxylic acids is 1. The van der Waals surface area contributed by atoms with Crippen molar-refractivity contribution < 1.29 is 9.53 Å². The molecule has 1 fully saturated rings.